The summed E-state index contributed by atoms with van der Waals surface area (Å²) in [6.07, 6.45) is 6.36. The molecular formula is C10H13NO2. The van der Waals surface area contributed by atoms with E-state index in [1.807, 2.05) is 0 Å². The molecule has 1 rings (SSSR count). The number of carbonyl (C=O) groups excluding carboxylic acids is 1. The zero-order valence-corrected chi connectivity index (χ0v) is 7.53. The van der Waals surface area contributed by atoms with Gasteiger partial charge < -0.3 is 4.74 Å². The molecule has 0 N–H and O–H groups in total. The van der Waals surface area contributed by atoms with Crippen molar-refractivity contribution in [1.82, 2.24) is 0 Å². The lowest BCUT2D eigenvalue weighted by Gasteiger charge is -2.22. The SMILES string of the molecule is C=CCC(CC=C)(N=C=O)C1CO1. The van der Waals surface area contributed by atoms with Crippen molar-refractivity contribution in [2.24, 2.45) is 4.99 Å². The van der Waals surface area contributed by atoms with Gasteiger partial charge in [-0.2, -0.15) is 4.99 Å². The predicted octanol–water partition coefficient (Wildman–Crippen LogP) is 1.61. The van der Waals surface area contributed by atoms with E-state index >= 15 is 0 Å². The van der Waals surface area contributed by atoms with Crippen LogP contribution >= 0.6 is 0 Å². The van der Waals surface area contributed by atoms with Gasteiger partial charge in [0.05, 0.1) is 6.61 Å². The van der Waals surface area contributed by atoms with Crippen LogP contribution in [-0.2, 0) is 9.53 Å². The molecule has 1 unspecified atom stereocenters. The lowest BCUT2D eigenvalue weighted by atomic mass is 9.88. The number of ether oxygens (including phenoxy) is 1. The molecule has 13 heavy (non-hydrogen) atoms. The number of rotatable bonds is 6. The van der Waals surface area contributed by atoms with Gasteiger partial charge in [-0.25, -0.2) is 4.79 Å². The Balaban J connectivity index is 2.82. The van der Waals surface area contributed by atoms with Gasteiger partial charge in [0.15, 0.2) is 0 Å². The average Bonchev–Trinajstić information content (AvgIpc) is 2.87. The van der Waals surface area contributed by atoms with Gasteiger partial charge in [-0.1, -0.05) is 12.2 Å². The zero-order valence-electron chi connectivity index (χ0n) is 7.53. The van der Waals surface area contributed by atoms with E-state index in [-0.39, 0.29) is 6.10 Å². The van der Waals surface area contributed by atoms with E-state index in [0.29, 0.717) is 19.4 Å². The van der Waals surface area contributed by atoms with Crippen LogP contribution < -0.4 is 0 Å². The molecule has 0 amide bonds. The second-order valence-electron chi connectivity index (χ2n) is 3.11. The zero-order chi connectivity index (χ0) is 9.73. The fourth-order valence-electron chi connectivity index (χ4n) is 1.46. The maximum atomic E-state index is 10.3. The first kappa shape index (κ1) is 9.90. The van der Waals surface area contributed by atoms with E-state index in [0.717, 1.165) is 0 Å². The highest BCUT2D eigenvalue weighted by molar-refractivity contribution is 5.36. The van der Waals surface area contributed by atoms with E-state index < -0.39 is 5.54 Å². The van der Waals surface area contributed by atoms with Crippen LogP contribution in [0, 0.1) is 0 Å². The molecule has 1 atom stereocenters. The Hall–Kier alpha value is -1.18. The molecule has 0 spiro atoms. The monoisotopic (exact) mass is 179 g/mol. The minimum Gasteiger partial charge on any atom is -0.370 e. The maximum Gasteiger partial charge on any atom is 0.235 e. The summed E-state index contributed by atoms with van der Waals surface area (Å²) in [5, 5.41) is 0. The van der Waals surface area contributed by atoms with Crippen LogP contribution in [0.1, 0.15) is 12.8 Å². The number of isocyanates is 1. The molecule has 1 aliphatic rings. The van der Waals surface area contributed by atoms with E-state index in [9.17, 15) is 4.79 Å². The minimum atomic E-state index is -0.495. The Morgan fingerprint density at radius 1 is 1.54 bits per heavy atom. The molecular weight excluding hydrogens is 166 g/mol. The predicted molar refractivity (Wildman–Crippen MR) is 50.2 cm³/mol. The Labute approximate surface area is 77.8 Å². The molecule has 1 aliphatic heterocycles. The van der Waals surface area contributed by atoms with Crippen molar-refractivity contribution < 1.29 is 9.53 Å². The first-order valence-corrected chi connectivity index (χ1v) is 4.21. The molecule has 70 valence electrons. The van der Waals surface area contributed by atoms with Crippen LogP contribution in [0.2, 0.25) is 0 Å². The number of hydrogen-bond acceptors (Lipinski definition) is 3. The number of epoxide rings is 1. The molecule has 0 radical (unpaired) electrons. The number of aliphatic imine (C=N–C) groups is 1. The van der Waals surface area contributed by atoms with Crippen LogP contribution in [0.15, 0.2) is 30.3 Å². The van der Waals surface area contributed by atoms with Crippen molar-refractivity contribution in [3.8, 4) is 0 Å². The van der Waals surface area contributed by atoms with Crippen molar-refractivity contribution in [2.75, 3.05) is 6.61 Å². The van der Waals surface area contributed by atoms with Gasteiger partial charge in [0.25, 0.3) is 0 Å². The summed E-state index contributed by atoms with van der Waals surface area (Å²) in [5.41, 5.74) is -0.495. The summed E-state index contributed by atoms with van der Waals surface area (Å²) in [7, 11) is 0. The summed E-state index contributed by atoms with van der Waals surface area (Å²) < 4.78 is 5.16. The summed E-state index contributed by atoms with van der Waals surface area (Å²) in [6, 6.07) is 0. The number of hydrogen-bond donors (Lipinski definition) is 0. The summed E-state index contributed by atoms with van der Waals surface area (Å²) >= 11 is 0. The quantitative estimate of drug-likeness (QED) is 0.269. The summed E-state index contributed by atoms with van der Waals surface area (Å²) in [5.74, 6) is 0. The van der Waals surface area contributed by atoms with Crippen LogP contribution in [0.5, 0.6) is 0 Å². The summed E-state index contributed by atoms with van der Waals surface area (Å²) in [6.45, 7) is 7.94. The lowest BCUT2D eigenvalue weighted by molar-refractivity contribution is 0.289. The third-order valence-electron chi connectivity index (χ3n) is 2.20. The molecule has 0 aromatic rings. The molecule has 1 saturated heterocycles. The van der Waals surface area contributed by atoms with Crippen molar-refractivity contribution in [3.05, 3.63) is 25.3 Å². The molecule has 3 nitrogen and oxygen atoms in total. The Kier molecular flexibility index (Phi) is 3.18. The Morgan fingerprint density at radius 2 is 2.08 bits per heavy atom. The number of nitrogens with zero attached hydrogens (tertiary/aromatic N) is 1. The standard InChI is InChI=1S/C10H13NO2/c1-3-5-10(6-4-2,11-8-12)9-7-13-9/h3-4,9H,1-2,5-7H2. The van der Waals surface area contributed by atoms with E-state index in [2.05, 4.69) is 18.2 Å². The van der Waals surface area contributed by atoms with Gasteiger partial charge in [0, 0.05) is 0 Å². The summed E-state index contributed by atoms with van der Waals surface area (Å²) in [4.78, 5) is 14.1. The van der Waals surface area contributed by atoms with Crippen molar-refractivity contribution in [2.45, 2.75) is 24.5 Å². The second-order valence-corrected chi connectivity index (χ2v) is 3.11. The van der Waals surface area contributed by atoms with Crippen molar-refractivity contribution >= 4 is 6.08 Å². The highest BCUT2D eigenvalue weighted by Gasteiger charge is 2.45. The first-order valence-electron chi connectivity index (χ1n) is 4.21. The normalized spacial score (nSPS) is 20.2. The van der Waals surface area contributed by atoms with Gasteiger partial charge in [0.2, 0.25) is 6.08 Å². The molecule has 0 saturated carbocycles. The van der Waals surface area contributed by atoms with Crippen LogP contribution in [0.25, 0.3) is 0 Å². The third-order valence-corrected chi connectivity index (χ3v) is 2.20. The van der Waals surface area contributed by atoms with E-state index in [1.54, 1.807) is 18.2 Å². The van der Waals surface area contributed by atoms with Gasteiger partial charge in [0.1, 0.15) is 11.6 Å². The fraction of sp³-hybridized carbons (Fsp3) is 0.500. The topological polar surface area (TPSA) is 42.0 Å². The molecule has 0 aliphatic carbocycles. The smallest absolute Gasteiger partial charge is 0.235 e. The molecule has 1 fully saturated rings. The highest BCUT2D eigenvalue weighted by atomic mass is 16.6. The maximum absolute atomic E-state index is 10.3. The van der Waals surface area contributed by atoms with Crippen molar-refractivity contribution in [3.63, 3.8) is 0 Å². The van der Waals surface area contributed by atoms with Gasteiger partial charge in [-0.3, -0.25) is 0 Å². The molecule has 3 heteroatoms. The highest BCUT2D eigenvalue weighted by Crippen LogP contribution is 2.34. The van der Waals surface area contributed by atoms with Gasteiger partial charge >= 0.3 is 0 Å². The Bertz CT molecular complexity index is 240. The molecule has 0 bridgehead atoms. The molecule has 0 aromatic heterocycles. The lowest BCUT2D eigenvalue weighted by Crippen LogP contribution is -2.32. The van der Waals surface area contributed by atoms with Gasteiger partial charge in [-0.15, -0.1) is 13.2 Å². The first-order chi connectivity index (χ1) is 6.29. The van der Waals surface area contributed by atoms with E-state index in [1.165, 1.54) is 0 Å². The fourth-order valence-corrected chi connectivity index (χ4v) is 1.46. The van der Waals surface area contributed by atoms with Crippen LogP contribution in [0.4, 0.5) is 0 Å². The Morgan fingerprint density at radius 3 is 2.38 bits per heavy atom. The second kappa shape index (κ2) is 4.17. The third kappa shape index (κ3) is 2.14. The van der Waals surface area contributed by atoms with Crippen LogP contribution in [-0.4, -0.2) is 24.3 Å². The molecule has 0 aromatic carbocycles. The molecule has 1 heterocycles. The van der Waals surface area contributed by atoms with E-state index in [4.69, 9.17) is 4.74 Å². The minimum absolute atomic E-state index is 0.0324. The average molecular weight is 179 g/mol. The van der Waals surface area contributed by atoms with Crippen molar-refractivity contribution in [1.29, 1.82) is 0 Å². The van der Waals surface area contributed by atoms with Gasteiger partial charge in [-0.05, 0) is 12.8 Å². The van der Waals surface area contributed by atoms with Crippen LogP contribution in [0.3, 0.4) is 0 Å². The largest absolute Gasteiger partial charge is 0.370 e.